The summed E-state index contributed by atoms with van der Waals surface area (Å²) in [5.74, 6) is -0.0107. The van der Waals surface area contributed by atoms with E-state index in [2.05, 4.69) is 6.92 Å². The summed E-state index contributed by atoms with van der Waals surface area (Å²) in [7, 11) is 1.98. The van der Waals surface area contributed by atoms with E-state index in [9.17, 15) is 9.59 Å². The van der Waals surface area contributed by atoms with Gasteiger partial charge >= 0.3 is 0 Å². The van der Waals surface area contributed by atoms with Gasteiger partial charge in [0, 0.05) is 36.9 Å². The first kappa shape index (κ1) is 22.8. The maximum atomic E-state index is 13.4. The predicted molar refractivity (Wildman–Crippen MR) is 126 cm³/mol. The molecule has 3 aromatic rings. The van der Waals surface area contributed by atoms with Crippen molar-refractivity contribution in [3.05, 3.63) is 82.3 Å². The Balaban J connectivity index is 1.74. The minimum absolute atomic E-state index is 0.0165. The Labute approximate surface area is 188 Å². The van der Waals surface area contributed by atoms with Crippen LogP contribution in [0.1, 0.15) is 35.9 Å². The molecule has 6 heteroatoms. The molecule has 2 aromatic heterocycles. The summed E-state index contributed by atoms with van der Waals surface area (Å²) in [6.07, 6.45) is 4.21. The zero-order valence-corrected chi connectivity index (χ0v) is 19.2. The van der Waals surface area contributed by atoms with Gasteiger partial charge in [-0.1, -0.05) is 49.7 Å². The van der Waals surface area contributed by atoms with Gasteiger partial charge in [0.15, 0.2) is 0 Å². The minimum atomic E-state index is -0.0271. The Bertz CT molecular complexity index is 950. The van der Waals surface area contributed by atoms with Crippen LogP contribution in [0.2, 0.25) is 0 Å². The van der Waals surface area contributed by atoms with E-state index in [0.29, 0.717) is 26.1 Å². The molecule has 0 aliphatic carbocycles. The van der Waals surface area contributed by atoms with Crippen molar-refractivity contribution in [3.63, 3.8) is 0 Å². The van der Waals surface area contributed by atoms with Gasteiger partial charge in [-0.15, -0.1) is 11.3 Å². The number of aryl methyl sites for hydroxylation is 1. The molecule has 2 amide bonds. The van der Waals surface area contributed by atoms with Crippen LogP contribution in [-0.4, -0.2) is 39.3 Å². The third-order valence-corrected chi connectivity index (χ3v) is 6.22. The molecule has 3 rings (SSSR count). The lowest BCUT2D eigenvalue weighted by Gasteiger charge is -2.28. The Kier molecular flexibility index (Phi) is 8.47. The van der Waals surface area contributed by atoms with Crippen molar-refractivity contribution in [2.24, 2.45) is 7.05 Å². The van der Waals surface area contributed by atoms with Crippen LogP contribution in [0, 0.1) is 0 Å². The number of carbonyl (C=O) groups excluding carboxylic acids is 2. The van der Waals surface area contributed by atoms with Crippen molar-refractivity contribution in [1.82, 2.24) is 14.4 Å². The highest BCUT2D eigenvalue weighted by atomic mass is 32.1. The van der Waals surface area contributed by atoms with Crippen LogP contribution in [0.3, 0.4) is 0 Å². The molecule has 2 heterocycles. The zero-order valence-electron chi connectivity index (χ0n) is 18.4. The predicted octanol–water partition coefficient (Wildman–Crippen LogP) is 4.49. The number of thiophene rings is 1. The quantitative estimate of drug-likeness (QED) is 0.444. The van der Waals surface area contributed by atoms with Gasteiger partial charge in [-0.25, -0.2) is 0 Å². The Morgan fingerprint density at radius 2 is 1.74 bits per heavy atom. The van der Waals surface area contributed by atoms with Crippen molar-refractivity contribution in [3.8, 4) is 0 Å². The van der Waals surface area contributed by atoms with E-state index >= 15 is 0 Å². The first-order valence-electron chi connectivity index (χ1n) is 10.8. The fourth-order valence-electron chi connectivity index (χ4n) is 3.47. The summed E-state index contributed by atoms with van der Waals surface area (Å²) in [6.45, 7) is 3.85. The second-order valence-electron chi connectivity index (χ2n) is 7.77. The maximum Gasteiger partial charge on any atom is 0.242 e. The molecule has 0 fully saturated rings. The van der Waals surface area contributed by atoms with Crippen LogP contribution in [0.15, 0.2) is 66.2 Å². The van der Waals surface area contributed by atoms with Crippen LogP contribution in [0.4, 0.5) is 0 Å². The normalized spacial score (nSPS) is 10.8. The third kappa shape index (κ3) is 6.82. The number of amides is 2. The lowest BCUT2D eigenvalue weighted by molar-refractivity contribution is -0.141. The first-order valence-corrected chi connectivity index (χ1v) is 11.7. The summed E-state index contributed by atoms with van der Waals surface area (Å²) >= 11 is 1.58. The SMILES string of the molecule is CCCCN(CC(=O)N(Cc1ccccc1)Cc1cccn1C)C(=O)Cc1cccs1. The van der Waals surface area contributed by atoms with E-state index in [1.807, 2.05) is 82.7 Å². The molecule has 164 valence electrons. The van der Waals surface area contributed by atoms with Crippen molar-refractivity contribution in [1.29, 1.82) is 0 Å². The zero-order chi connectivity index (χ0) is 22.1. The molecule has 1 aromatic carbocycles. The lowest BCUT2D eigenvalue weighted by Crippen LogP contribution is -2.43. The summed E-state index contributed by atoms with van der Waals surface area (Å²) in [5, 5.41) is 1.98. The molecule has 0 N–H and O–H groups in total. The number of unbranched alkanes of at least 4 members (excludes halogenated alkanes) is 1. The van der Waals surface area contributed by atoms with E-state index in [0.717, 1.165) is 29.0 Å². The highest BCUT2D eigenvalue weighted by molar-refractivity contribution is 7.10. The van der Waals surface area contributed by atoms with Crippen molar-refractivity contribution in [2.75, 3.05) is 13.1 Å². The Morgan fingerprint density at radius 3 is 2.39 bits per heavy atom. The number of carbonyl (C=O) groups is 2. The summed E-state index contributed by atoms with van der Waals surface area (Å²) in [5.41, 5.74) is 2.14. The Hall–Kier alpha value is -2.86. The number of aromatic nitrogens is 1. The number of rotatable bonds is 11. The smallest absolute Gasteiger partial charge is 0.242 e. The summed E-state index contributed by atoms with van der Waals surface area (Å²) in [4.78, 5) is 31.0. The minimum Gasteiger partial charge on any atom is -0.353 e. The van der Waals surface area contributed by atoms with Crippen LogP contribution >= 0.6 is 11.3 Å². The molecule has 0 bridgehead atoms. The second-order valence-corrected chi connectivity index (χ2v) is 8.80. The van der Waals surface area contributed by atoms with Crippen LogP contribution in [0.5, 0.6) is 0 Å². The summed E-state index contributed by atoms with van der Waals surface area (Å²) in [6, 6.07) is 17.9. The Morgan fingerprint density at radius 1 is 0.935 bits per heavy atom. The van der Waals surface area contributed by atoms with Crippen molar-refractivity contribution < 1.29 is 9.59 Å². The lowest BCUT2D eigenvalue weighted by atomic mass is 10.2. The molecule has 0 aliphatic rings. The van der Waals surface area contributed by atoms with Gasteiger partial charge in [0.2, 0.25) is 11.8 Å². The number of benzene rings is 1. The van der Waals surface area contributed by atoms with Gasteiger partial charge in [0.25, 0.3) is 0 Å². The van der Waals surface area contributed by atoms with Gasteiger partial charge in [-0.2, -0.15) is 0 Å². The third-order valence-electron chi connectivity index (χ3n) is 5.34. The van der Waals surface area contributed by atoms with Crippen molar-refractivity contribution >= 4 is 23.2 Å². The van der Waals surface area contributed by atoms with E-state index in [-0.39, 0.29) is 18.4 Å². The molecule has 0 unspecified atom stereocenters. The molecular formula is C25H31N3O2S. The van der Waals surface area contributed by atoms with Gasteiger partial charge in [-0.3, -0.25) is 9.59 Å². The van der Waals surface area contributed by atoms with E-state index in [4.69, 9.17) is 0 Å². The van der Waals surface area contributed by atoms with Gasteiger partial charge in [-0.05, 0) is 35.6 Å². The summed E-state index contributed by atoms with van der Waals surface area (Å²) < 4.78 is 2.03. The molecule has 0 saturated carbocycles. The van der Waals surface area contributed by atoms with Gasteiger partial charge in [0.1, 0.15) is 0 Å². The highest BCUT2D eigenvalue weighted by Gasteiger charge is 2.22. The van der Waals surface area contributed by atoms with E-state index < -0.39 is 0 Å². The molecule has 5 nitrogen and oxygen atoms in total. The average Bonchev–Trinajstić information content (AvgIpc) is 3.43. The fourth-order valence-corrected chi connectivity index (χ4v) is 4.17. The second kappa shape index (κ2) is 11.5. The number of hydrogen-bond donors (Lipinski definition) is 0. The fraction of sp³-hybridized carbons (Fsp3) is 0.360. The van der Waals surface area contributed by atoms with Gasteiger partial charge in [0.05, 0.1) is 19.5 Å². The monoisotopic (exact) mass is 437 g/mol. The topological polar surface area (TPSA) is 45.6 Å². The average molecular weight is 438 g/mol. The molecule has 0 spiro atoms. The largest absolute Gasteiger partial charge is 0.353 e. The highest BCUT2D eigenvalue weighted by Crippen LogP contribution is 2.14. The maximum absolute atomic E-state index is 13.4. The van der Waals surface area contributed by atoms with Gasteiger partial charge < -0.3 is 14.4 Å². The standard InChI is InChI=1S/C25H31N3O2S/c1-3-4-15-27(24(29)17-23-13-9-16-31-23)20-25(30)28(18-21-10-6-5-7-11-21)19-22-12-8-14-26(22)2/h5-14,16H,3-4,15,17-20H2,1-2H3. The molecular weight excluding hydrogens is 406 g/mol. The van der Waals surface area contributed by atoms with E-state index in [1.54, 1.807) is 16.2 Å². The molecule has 0 atom stereocenters. The number of hydrogen-bond acceptors (Lipinski definition) is 3. The first-order chi connectivity index (χ1) is 15.1. The molecule has 0 saturated heterocycles. The molecule has 0 radical (unpaired) electrons. The van der Waals surface area contributed by atoms with Crippen LogP contribution in [-0.2, 0) is 36.1 Å². The number of nitrogens with zero attached hydrogens (tertiary/aromatic N) is 3. The van der Waals surface area contributed by atoms with E-state index in [1.165, 1.54) is 0 Å². The molecule has 0 aliphatic heterocycles. The van der Waals surface area contributed by atoms with Crippen LogP contribution < -0.4 is 0 Å². The van der Waals surface area contributed by atoms with Crippen molar-refractivity contribution in [2.45, 2.75) is 39.3 Å². The molecule has 31 heavy (non-hydrogen) atoms. The van der Waals surface area contributed by atoms with Crippen LogP contribution in [0.25, 0.3) is 0 Å².